The Hall–Kier alpha value is -0.660. The van der Waals surface area contributed by atoms with Crippen LogP contribution in [-0.2, 0) is 28.6 Å². The summed E-state index contributed by atoms with van der Waals surface area (Å²) in [5.41, 5.74) is -0.576. The van der Waals surface area contributed by atoms with Gasteiger partial charge < -0.3 is 9.47 Å². The van der Waals surface area contributed by atoms with Gasteiger partial charge in [-0.15, -0.1) is 0 Å². The first kappa shape index (κ1) is 14.3. The van der Waals surface area contributed by atoms with Crippen LogP contribution in [0.5, 0.6) is 0 Å². The predicted molar refractivity (Wildman–Crippen MR) is 69.4 cm³/mol. The van der Waals surface area contributed by atoms with Gasteiger partial charge in [-0.1, -0.05) is 13.3 Å². The van der Waals surface area contributed by atoms with E-state index in [0.717, 1.165) is 12.8 Å². The van der Waals surface area contributed by atoms with Gasteiger partial charge in [0.2, 0.25) is 0 Å². The van der Waals surface area contributed by atoms with Crippen molar-refractivity contribution in [2.45, 2.75) is 69.7 Å². The fourth-order valence-electron chi connectivity index (χ4n) is 3.38. The zero-order chi connectivity index (χ0) is 14.7. The van der Waals surface area contributed by atoms with E-state index in [1.165, 1.54) is 0 Å². The van der Waals surface area contributed by atoms with E-state index in [1.807, 2.05) is 20.8 Å². The lowest BCUT2D eigenvalue weighted by molar-refractivity contribution is -0.165. The molecule has 0 aromatic heterocycles. The number of ether oxygens (including phenoxy) is 2. The molecule has 0 N–H and O–H groups in total. The third-order valence-corrected chi connectivity index (χ3v) is 6.16. The van der Waals surface area contributed by atoms with Crippen molar-refractivity contribution in [1.29, 1.82) is 0 Å². The maximum absolute atomic E-state index is 12.2. The fourth-order valence-corrected chi connectivity index (χ4v) is 5.02. The van der Waals surface area contributed by atoms with Gasteiger partial charge in [-0.25, -0.2) is 0 Å². The molecule has 0 aromatic rings. The third kappa shape index (κ3) is 1.98. The second-order valence-electron chi connectivity index (χ2n) is 6.47. The molecule has 3 saturated heterocycles. The highest BCUT2D eigenvalue weighted by atomic mass is 32.2. The topological polar surface area (TPSA) is 78.9 Å². The van der Waals surface area contributed by atoms with Gasteiger partial charge in [-0.05, 0) is 26.7 Å². The van der Waals surface area contributed by atoms with Crippen LogP contribution in [0.3, 0.4) is 0 Å². The summed E-state index contributed by atoms with van der Waals surface area (Å²) in [4.78, 5) is 12.2. The van der Waals surface area contributed by atoms with Gasteiger partial charge in [0.25, 0.3) is 10.1 Å². The fraction of sp³-hybridized carbons (Fsp3) is 0.923. The average molecular weight is 304 g/mol. The number of carbonyl (C=O) groups is 1. The lowest BCUT2D eigenvalue weighted by atomic mass is 9.87. The highest BCUT2D eigenvalue weighted by Crippen LogP contribution is 2.48. The Balaban J connectivity index is 1.73. The number of esters is 1. The summed E-state index contributed by atoms with van der Waals surface area (Å²) in [6, 6.07) is 0. The second kappa shape index (κ2) is 4.42. The summed E-state index contributed by atoms with van der Waals surface area (Å²) in [7, 11) is -3.56. The molecule has 3 fully saturated rings. The largest absolute Gasteiger partial charge is 0.456 e. The van der Waals surface area contributed by atoms with Crippen LogP contribution < -0.4 is 0 Å². The van der Waals surface area contributed by atoms with Crippen LogP contribution in [0.15, 0.2) is 0 Å². The Morgan fingerprint density at radius 3 is 2.70 bits per heavy atom. The van der Waals surface area contributed by atoms with E-state index in [-0.39, 0.29) is 12.1 Å². The zero-order valence-corrected chi connectivity index (χ0v) is 12.7. The summed E-state index contributed by atoms with van der Waals surface area (Å²) in [6.45, 7) is 5.68. The number of carbonyl (C=O) groups excluding carboxylic acids is 1. The predicted octanol–water partition coefficient (Wildman–Crippen LogP) is 0.993. The lowest BCUT2D eigenvalue weighted by Gasteiger charge is -2.28. The van der Waals surface area contributed by atoms with E-state index in [1.54, 1.807) is 0 Å². The SMILES string of the molecule is CCCC(C)(C)C(=O)OC1C2CC3C(O2)C1OS3(=O)=O. The molecule has 5 atom stereocenters. The maximum atomic E-state index is 12.2. The van der Waals surface area contributed by atoms with Crippen molar-refractivity contribution in [3.63, 3.8) is 0 Å². The molecule has 5 unspecified atom stereocenters. The molecule has 0 aliphatic carbocycles. The highest BCUT2D eigenvalue weighted by Gasteiger charge is 2.67. The Kier molecular flexibility index (Phi) is 3.15. The van der Waals surface area contributed by atoms with Crippen LogP contribution in [0.4, 0.5) is 0 Å². The minimum atomic E-state index is -3.56. The summed E-state index contributed by atoms with van der Waals surface area (Å²) in [6.07, 6.45) is -0.130. The molecular formula is C13H20O6S. The number of hydrogen-bond donors (Lipinski definition) is 0. The monoisotopic (exact) mass is 304 g/mol. The molecule has 20 heavy (non-hydrogen) atoms. The maximum Gasteiger partial charge on any atom is 0.311 e. The molecule has 2 bridgehead atoms. The van der Waals surface area contributed by atoms with Gasteiger partial charge in [-0.3, -0.25) is 8.98 Å². The first-order valence-corrected chi connectivity index (χ1v) is 8.52. The molecule has 0 aromatic carbocycles. The highest BCUT2D eigenvalue weighted by molar-refractivity contribution is 7.87. The summed E-state index contributed by atoms with van der Waals surface area (Å²) < 4.78 is 39.8. The van der Waals surface area contributed by atoms with Gasteiger partial charge in [0, 0.05) is 0 Å². The van der Waals surface area contributed by atoms with Crippen molar-refractivity contribution in [3.8, 4) is 0 Å². The standard InChI is InChI=1S/C13H20O6S/c1-4-5-13(2,3)12(14)18-9-7-6-8-10(17-7)11(9)19-20(8,15)16/h7-11H,4-6H2,1-3H3. The molecule has 3 heterocycles. The van der Waals surface area contributed by atoms with Crippen LogP contribution >= 0.6 is 0 Å². The van der Waals surface area contributed by atoms with Crippen LogP contribution in [0.2, 0.25) is 0 Å². The van der Waals surface area contributed by atoms with Crippen molar-refractivity contribution in [3.05, 3.63) is 0 Å². The minimum absolute atomic E-state index is 0.315. The average Bonchev–Trinajstić information content (AvgIpc) is 2.92. The Bertz CT molecular complexity index is 525. The normalized spacial score (nSPS) is 41.0. The summed E-state index contributed by atoms with van der Waals surface area (Å²) in [5.74, 6) is -0.315. The molecule has 3 aliphatic heterocycles. The Morgan fingerprint density at radius 1 is 1.35 bits per heavy atom. The molecule has 6 nitrogen and oxygen atoms in total. The van der Waals surface area contributed by atoms with Gasteiger partial charge in [-0.2, -0.15) is 8.42 Å². The smallest absolute Gasteiger partial charge is 0.311 e. The quantitative estimate of drug-likeness (QED) is 0.569. The van der Waals surface area contributed by atoms with Crippen LogP contribution in [-0.4, -0.2) is 44.1 Å². The molecule has 3 aliphatic rings. The number of fused-ring (bicyclic) bond motifs is 1. The Labute approximate surface area is 118 Å². The molecule has 3 rings (SSSR count). The number of hydrogen-bond acceptors (Lipinski definition) is 6. The van der Waals surface area contributed by atoms with E-state index < -0.39 is 39.1 Å². The third-order valence-electron chi connectivity index (χ3n) is 4.46. The van der Waals surface area contributed by atoms with Gasteiger partial charge in [0.15, 0.2) is 6.10 Å². The first-order chi connectivity index (χ1) is 9.26. The molecule has 0 spiro atoms. The van der Waals surface area contributed by atoms with E-state index in [2.05, 4.69) is 0 Å². The molecule has 0 radical (unpaired) electrons. The van der Waals surface area contributed by atoms with Crippen molar-refractivity contribution < 1.29 is 26.9 Å². The van der Waals surface area contributed by atoms with Crippen molar-refractivity contribution in [1.82, 2.24) is 0 Å². The molecule has 7 heteroatoms. The minimum Gasteiger partial charge on any atom is -0.456 e. The van der Waals surface area contributed by atoms with Crippen LogP contribution in [0.1, 0.15) is 40.0 Å². The molecule has 0 saturated carbocycles. The van der Waals surface area contributed by atoms with E-state index >= 15 is 0 Å². The van der Waals surface area contributed by atoms with Crippen LogP contribution in [0.25, 0.3) is 0 Å². The first-order valence-electron chi connectivity index (χ1n) is 7.05. The molecule has 114 valence electrons. The van der Waals surface area contributed by atoms with Crippen molar-refractivity contribution in [2.24, 2.45) is 5.41 Å². The summed E-state index contributed by atoms with van der Waals surface area (Å²) >= 11 is 0. The van der Waals surface area contributed by atoms with Gasteiger partial charge in [0.1, 0.15) is 17.5 Å². The van der Waals surface area contributed by atoms with E-state index in [9.17, 15) is 13.2 Å². The Morgan fingerprint density at radius 2 is 2.05 bits per heavy atom. The van der Waals surface area contributed by atoms with Crippen LogP contribution in [0, 0.1) is 5.41 Å². The molecule has 0 amide bonds. The van der Waals surface area contributed by atoms with Crippen molar-refractivity contribution in [2.75, 3.05) is 0 Å². The van der Waals surface area contributed by atoms with Gasteiger partial charge in [0.05, 0.1) is 11.5 Å². The zero-order valence-electron chi connectivity index (χ0n) is 11.9. The number of rotatable bonds is 4. The summed E-state index contributed by atoms with van der Waals surface area (Å²) in [5, 5.41) is -0.587. The van der Waals surface area contributed by atoms with E-state index in [0.29, 0.717) is 6.42 Å². The second-order valence-corrected chi connectivity index (χ2v) is 8.25. The van der Waals surface area contributed by atoms with Crippen molar-refractivity contribution >= 4 is 16.1 Å². The molecular weight excluding hydrogens is 284 g/mol. The lowest BCUT2D eigenvalue weighted by Crippen LogP contribution is -2.43. The van der Waals surface area contributed by atoms with E-state index in [4.69, 9.17) is 13.7 Å². The van der Waals surface area contributed by atoms with Gasteiger partial charge >= 0.3 is 5.97 Å².